The van der Waals surface area contributed by atoms with E-state index in [0.717, 1.165) is 9.87 Å². The molecule has 1 aromatic carbocycles. The van der Waals surface area contributed by atoms with Crippen LogP contribution in [-0.2, 0) is 30.9 Å². The molecular formula is C16H22N2O6S. The van der Waals surface area contributed by atoms with E-state index in [1.54, 1.807) is 0 Å². The van der Waals surface area contributed by atoms with E-state index in [-0.39, 0.29) is 19.7 Å². The summed E-state index contributed by atoms with van der Waals surface area (Å²) in [7, 11) is -1.18. The van der Waals surface area contributed by atoms with Gasteiger partial charge in [-0.15, -0.1) is 0 Å². The number of amides is 1. The Labute approximate surface area is 147 Å². The quantitative estimate of drug-likeness (QED) is 0.689. The highest BCUT2D eigenvalue weighted by atomic mass is 32.2. The minimum absolute atomic E-state index is 0.0431. The van der Waals surface area contributed by atoms with E-state index in [9.17, 15) is 18.0 Å². The molecule has 1 heterocycles. The van der Waals surface area contributed by atoms with Crippen LogP contribution in [0.3, 0.4) is 0 Å². The maximum Gasteiger partial charge on any atom is 0.410 e. The fraction of sp³-hybridized carbons (Fsp3) is 0.500. The summed E-state index contributed by atoms with van der Waals surface area (Å²) in [5.74, 6) is -0.636. The lowest BCUT2D eigenvalue weighted by Gasteiger charge is -2.21. The summed E-state index contributed by atoms with van der Waals surface area (Å²) < 4.78 is 35.6. The highest BCUT2D eigenvalue weighted by Gasteiger charge is 2.38. The van der Waals surface area contributed by atoms with Crippen LogP contribution in [0.5, 0.6) is 0 Å². The molecule has 0 radical (unpaired) electrons. The summed E-state index contributed by atoms with van der Waals surface area (Å²) in [6, 6.07) is 9.24. The zero-order valence-corrected chi connectivity index (χ0v) is 15.1. The molecule has 0 unspecified atom stereocenters. The first-order chi connectivity index (χ1) is 11.8. The van der Waals surface area contributed by atoms with Gasteiger partial charge in [0.15, 0.2) is 0 Å². The van der Waals surface area contributed by atoms with Gasteiger partial charge in [-0.25, -0.2) is 13.2 Å². The predicted molar refractivity (Wildman–Crippen MR) is 90.2 cm³/mol. The van der Waals surface area contributed by atoms with E-state index in [0.29, 0.717) is 13.0 Å². The molecule has 0 aromatic heterocycles. The van der Waals surface area contributed by atoms with Crippen LogP contribution in [0.25, 0.3) is 0 Å². The molecule has 0 spiro atoms. The summed E-state index contributed by atoms with van der Waals surface area (Å²) in [5, 5.41) is -0.758. The number of sulfonamides is 1. The van der Waals surface area contributed by atoms with Crippen molar-refractivity contribution in [3.63, 3.8) is 0 Å². The van der Waals surface area contributed by atoms with Gasteiger partial charge in [0.1, 0.15) is 13.2 Å². The third-order valence-electron chi connectivity index (χ3n) is 4.04. The Morgan fingerprint density at radius 3 is 2.60 bits per heavy atom. The lowest BCUT2D eigenvalue weighted by atomic mass is 10.2. The third-order valence-corrected chi connectivity index (χ3v) is 6.27. The molecule has 1 fully saturated rings. The number of nitrogens with zero attached hydrogens (tertiary/aromatic N) is 2. The predicted octanol–water partition coefficient (Wildman–Crippen LogP) is 0.832. The van der Waals surface area contributed by atoms with Crippen LogP contribution in [-0.4, -0.2) is 68.7 Å². The first kappa shape index (κ1) is 19.2. The number of methoxy groups -OCH3 is 1. The van der Waals surface area contributed by atoms with E-state index in [2.05, 4.69) is 4.74 Å². The minimum atomic E-state index is -3.69. The second-order valence-corrected chi connectivity index (χ2v) is 8.09. The number of esters is 1. The van der Waals surface area contributed by atoms with Gasteiger partial charge in [0.25, 0.3) is 0 Å². The Balaban J connectivity index is 1.89. The van der Waals surface area contributed by atoms with Crippen molar-refractivity contribution in [3.05, 3.63) is 35.9 Å². The number of likely N-dealkylation sites (N-methyl/N-ethyl adjacent to an activating group) is 1. The molecule has 138 valence electrons. The number of likely N-dealkylation sites (tertiary alicyclic amines) is 1. The maximum absolute atomic E-state index is 12.5. The number of carbonyl (C=O) groups is 2. The van der Waals surface area contributed by atoms with Crippen molar-refractivity contribution in [3.8, 4) is 0 Å². The van der Waals surface area contributed by atoms with Crippen LogP contribution in [0.4, 0.5) is 4.79 Å². The van der Waals surface area contributed by atoms with Gasteiger partial charge < -0.3 is 14.4 Å². The fourth-order valence-corrected chi connectivity index (χ4v) is 4.10. The zero-order chi connectivity index (χ0) is 18.4. The number of carbonyl (C=O) groups excluding carboxylic acids is 2. The second-order valence-electron chi connectivity index (χ2n) is 5.77. The number of hydrogen-bond donors (Lipinski definition) is 0. The van der Waals surface area contributed by atoms with Crippen LogP contribution < -0.4 is 0 Å². The smallest absolute Gasteiger partial charge is 0.410 e. The summed E-state index contributed by atoms with van der Waals surface area (Å²) in [5.41, 5.74) is 0.858. The highest BCUT2D eigenvalue weighted by Crippen LogP contribution is 2.20. The van der Waals surface area contributed by atoms with Crippen molar-refractivity contribution >= 4 is 22.1 Å². The Bertz CT molecular complexity index is 707. The van der Waals surface area contributed by atoms with Gasteiger partial charge in [-0.2, -0.15) is 4.31 Å². The van der Waals surface area contributed by atoms with Crippen molar-refractivity contribution in [1.29, 1.82) is 0 Å². The standard InChI is InChI=1S/C16H22N2O6S/c1-17(11-15(19)23-2)25(21,22)14-8-9-18(10-14)16(20)24-12-13-6-4-3-5-7-13/h3-7,14H,8-12H2,1-2H3/t14-/m1/s1. The van der Waals surface area contributed by atoms with Gasteiger partial charge >= 0.3 is 12.1 Å². The summed E-state index contributed by atoms with van der Waals surface area (Å²) in [6.45, 7) is 0.120. The van der Waals surface area contributed by atoms with E-state index < -0.39 is 27.3 Å². The Hall–Kier alpha value is -2.13. The molecule has 0 bridgehead atoms. The van der Waals surface area contributed by atoms with Gasteiger partial charge in [-0.3, -0.25) is 4.79 Å². The van der Waals surface area contributed by atoms with E-state index in [4.69, 9.17) is 4.74 Å². The molecule has 1 aliphatic heterocycles. The molecule has 0 saturated carbocycles. The molecule has 2 rings (SSSR count). The third kappa shape index (κ3) is 4.93. The largest absolute Gasteiger partial charge is 0.468 e. The number of ether oxygens (including phenoxy) is 2. The Morgan fingerprint density at radius 1 is 1.28 bits per heavy atom. The van der Waals surface area contributed by atoms with Gasteiger partial charge in [0, 0.05) is 20.1 Å². The van der Waals surface area contributed by atoms with E-state index >= 15 is 0 Å². The first-order valence-corrected chi connectivity index (χ1v) is 9.32. The average Bonchev–Trinajstić information content (AvgIpc) is 3.11. The van der Waals surface area contributed by atoms with Crippen LogP contribution in [0.1, 0.15) is 12.0 Å². The van der Waals surface area contributed by atoms with Crippen molar-refractivity contribution in [2.45, 2.75) is 18.3 Å². The molecule has 1 atom stereocenters. The lowest BCUT2D eigenvalue weighted by molar-refractivity contribution is -0.140. The fourth-order valence-electron chi connectivity index (χ4n) is 2.54. The Kier molecular flexibility index (Phi) is 6.38. The summed E-state index contributed by atoms with van der Waals surface area (Å²) in [6.07, 6.45) is -0.244. The first-order valence-electron chi connectivity index (χ1n) is 7.82. The minimum Gasteiger partial charge on any atom is -0.468 e. The van der Waals surface area contributed by atoms with Crippen LogP contribution in [0.2, 0.25) is 0 Å². The SMILES string of the molecule is COC(=O)CN(C)S(=O)(=O)[C@@H]1CCN(C(=O)OCc2ccccc2)C1. The molecule has 25 heavy (non-hydrogen) atoms. The van der Waals surface area contributed by atoms with Crippen molar-refractivity contribution in [1.82, 2.24) is 9.21 Å². The molecule has 8 nitrogen and oxygen atoms in total. The van der Waals surface area contributed by atoms with Gasteiger partial charge in [0.2, 0.25) is 10.0 Å². The lowest BCUT2D eigenvalue weighted by Crippen LogP contribution is -2.41. The molecule has 0 aliphatic carbocycles. The van der Waals surface area contributed by atoms with Crippen LogP contribution in [0, 0.1) is 0 Å². The normalized spacial score (nSPS) is 17.6. The summed E-state index contributed by atoms with van der Waals surface area (Å²) >= 11 is 0. The van der Waals surface area contributed by atoms with Crippen LogP contribution in [0.15, 0.2) is 30.3 Å². The second kappa shape index (κ2) is 8.30. The average molecular weight is 370 g/mol. The summed E-state index contributed by atoms with van der Waals surface area (Å²) in [4.78, 5) is 24.7. The molecule has 9 heteroatoms. The van der Waals surface area contributed by atoms with Gasteiger partial charge in [0.05, 0.1) is 12.4 Å². The number of rotatable bonds is 6. The number of benzene rings is 1. The monoisotopic (exact) mass is 370 g/mol. The Morgan fingerprint density at radius 2 is 1.96 bits per heavy atom. The highest BCUT2D eigenvalue weighted by molar-refractivity contribution is 7.89. The molecule has 1 aromatic rings. The van der Waals surface area contributed by atoms with E-state index in [1.165, 1.54) is 19.1 Å². The van der Waals surface area contributed by atoms with Crippen molar-refractivity contribution < 1.29 is 27.5 Å². The van der Waals surface area contributed by atoms with Crippen molar-refractivity contribution in [2.24, 2.45) is 0 Å². The molecule has 1 aliphatic rings. The van der Waals surface area contributed by atoms with Gasteiger partial charge in [-0.1, -0.05) is 30.3 Å². The topological polar surface area (TPSA) is 93.2 Å². The zero-order valence-electron chi connectivity index (χ0n) is 14.3. The number of hydrogen-bond acceptors (Lipinski definition) is 6. The molecular weight excluding hydrogens is 348 g/mol. The molecule has 0 N–H and O–H groups in total. The molecule has 1 amide bonds. The molecule has 1 saturated heterocycles. The van der Waals surface area contributed by atoms with Crippen LogP contribution >= 0.6 is 0 Å². The van der Waals surface area contributed by atoms with E-state index in [1.807, 2.05) is 30.3 Å². The maximum atomic E-state index is 12.5. The van der Waals surface area contributed by atoms with Crippen molar-refractivity contribution in [2.75, 3.05) is 33.8 Å². The van der Waals surface area contributed by atoms with Gasteiger partial charge in [-0.05, 0) is 12.0 Å².